The number of halogens is 1. The minimum atomic E-state index is -1.10. The van der Waals surface area contributed by atoms with Gasteiger partial charge >= 0.3 is 6.09 Å². The predicted molar refractivity (Wildman–Crippen MR) is 96.5 cm³/mol. The van der Waals surface area contributed by atoms with Crippen LogP contribution in [-0.2, 0) is 11.3 Å². The van der Waals surface area contributed by atoms with Crippen LogP contribution < -0.4 is 5.32 Å². The second kappa shape index (κ2) is 8.60. The first-order valence-electron chi connectivity index (χ1n) is 8.74. The van der Waals surface area contributed by atoms with Crippen LogP contribution in [-0.4, -0.2) is 46.8 Å². The Bertz CT molecular complexity index is 711. The maximum atomic E-state index is 14.4. The van der Waals surface area contributed by atoms with Crippen molar-refractivity contribution in [2.45, 2.75) is 26.1 Å². The maximum Gasteiger partial charge on any atom is 0.410 e. The van der Waals surface area contributed by atoms with Crippen molar-refractivity contribution in [2.24, 2.45) is 5.92 Å². The van der Waals surface area contributed by atoms with Crippen LogP contribution in [0.5, 0.6) is 0 Å². The van der Waals surface area contributed by atoms with Crippen LogP contribution in [0.2, 0.25) is 0 Å². The average molecular weight is 358 g/mol. The first kappa shape index (κ1) is 18.1. The summed E-state index contributed by atoms with van der Waals surface area (Å²) in [6.45, 7) is 3.17. The predicted octanol–water partition coefficient (Wildman–Crippen LogP) is 3.19. The molecule has 6 nitrogen and oxygen atoms in total. The molecule has 0 spiro atoms. The van der Waals surface area contributed by atoms with Crippen molar-refractivity contribution in [1.29, 1.82) is 0 Å². The van der Waals surface area contributed by atoms with E-state index in [2.05, 4.69) is 15.3 Å². The van der Waals surface area contributed by atoms with E-state index in [1.165, 1.54) is 4.90 Å². The van der Waals surface area contributed by atoms with Gasteiger partial charge in [0.25, 0.3) is 0 Å². The van der Waals surface area contributed by atoms with Gasteiger partial charge in [-0.3, -0.25) is 0 Å². The summed E-state index contributed by atoms with van der Waals surface area (Å²) in [6.07, 6.45) is 2.27. The normalized spacial score (nSPS) is 19.8. The smallest absolute Gasteiger partial charge is 0.410 e. The third kappa shape index (κ3) is 4.91. The fraction of sp³-hybridized carbons (Fsp3) is 0.421. The monoisotopic (exact) mass is 358 g/mol. The molecule has 7 heteroatoms. The number of hydrogen-bond acceptors (Lipinski definition) is 5. The molecule has 1 aliphatic rings. The lowest BCUT2D eigenvalue weighted by molar-refractivity contribution is 0.0544. The minimum Gasteiger partial charge on any atom is -0.445 e. The highest BCUT2D eigenvalue weighted by Crippen LogP contribution is 2.22. The fourth-order valence-corrected chi connectivity index (χ4v) is 2.88. The van der Waals surface area contributed by atoms with Crippen LogP contribution in [0.25, 0.3) is 0 Å². The number of rotatable bonds is 5. The number of carbonyl (C=O) groups is 1. The van der Waals surface area contributed by atoms with E-state index in [1.54, 1.807) is 18.5 Å². The number of carbonyl (C=O) groups excluding carboxylic acids is 1. The zero-order chi connectivity index (χ0) is 18.4. The van der Waals surface area contributed by atoms with E-state index in [1.807, 2.05) is 31.2 Å². The van der Waals surface area contributed by atoms with Crippen molar-refractivity contribution >= 4 is 12.0 Å². The maximum absolute atomic E-state index is 14.4. The standard InChI is InChI=1S/C19H23FN4O2/c1-14-3-5-15(6-4-14)13-26-19(25)24-10-7-16(17(20)12-24)11-23-18-21-8-2-9-22-18/h2-6,8-9,16-17H,7,10-13H2,1H3,(H,21,22,23)/t16?,17-/m1/s1. The number of aryl methyl sites for hydroxylation is 1. The van der Waals surface area contributed by atoms with Gasteiger partial charge in [-0.25, -0.2) is 19.2 Å². The molecule has 3 rings (SSSR count). The third-order valence-corrected chi connectivity index (χ3v) is 4.51. The van der Waals surface area contributed by atoms with Crippen LogP contribution in [0.15, 0.2) is 42.7 Å². The number of piperidine rings is 1. The zero-order valence-electron chi connectivity index (χ0n) is 14.8. The first-order valence-corrected chi connectivity index (χ1v) is 8.74. The van der Waals surface area contributed by atoms with Crippen LogP contribution in [0.4, 0.5) is 15.1 Å². The molecule has 0 saturated carbocycles. The van der Waals surface area contributed by atoms with Gasteiger partial charge in [-0.1, -0.05) is 29.8 Å². The lowest BCUT2D eigenvalue weighted by Crippen LogP contribution is -2.46. The number of benzene rings is 1. The van der Waals surface area contributed by atoms with Gasteiger partial charge in [-0.15, -0.1) is 0 Å². The van der Waals surface area contributed by atoms with Crippen LogP contribution in [0, 0.1) is 12.8 Å². The van der Waals surface area contributed by atoms with Crippen molar-refractivity contribution in [3.8, 4) is 0 Å². The van der Waals surface area contributed by atoms with Crippen LogP contribution >= 0.6 is 0 Å². The Morgan fingerprint density at radius 1 is 1.31 bits per heavy atom. The largest absolute Gasteiger partial charge is 0.445 e. The second-order valence-electron chi connectivity index (χ2n) is 6.50. The summed E-state index contributed by atoms with van der Waals surface area (Å²) in [7, 11) is 0. The summed E-state index contributed by atoms with van der Waals surface area (Å²) in [5, 5.41) is 3.04. The number of nitrogens with one attached hydrogen (secondary N) is 1. The molecule has 0 aliphatic carbocycles. The quantitative estimate of drug-likeness (QED) is 0.889. The van der Waals surface area contributed by atoms with E-state index in [4.69, 9.17) is 4.74 Å². The van der Waals surface area contributed by atoms with E-state index in [-0.39, 0.29) is 19.1 Å². The number of nitrogens with zero attached hydrogens (tertiary/aromatic N) is 3. The van der Waals surface area contributed by atoms with Crippen molar-refractivity contribution in [3.05, 3.63) is 53.9 Å². The molecular weight excluding hydrogens is 335 g/mol. The van der Waals surface area contributed by atoms with Gasteiger partial charge in [0.2, 0.25) is 5.95 Å². The molecule has 1 aliphatic heterocycles. The highest BCUT2D eigenvalue weighted by Gasteiger charge is 2.32. The number of anilines is 1. The number of ether oxygens (including phenoxy) is 1. The van der Waals surface area contributed by atoms with E-state index in [0.29, 0.717) is 25.5 Å². The number of amides is 1. The molecule has 1 amide bonds. The molecule has 26 heavy (non-hydrogen) atoms. The molecule has 1 fully saturated rings. The van der Waals surface area contributed by atoms with Crippen molar-refractivity contribution in [3.63, 3.8) is 0 Å². The Hall–Kier alpha value is -2.70. The van der Waals surface area contributed by atoms with Gasteiger partial charge in [0.15, 0.2) is 0 Å². The van der Waals surface area contributed by atoms with Gasteiger partial charge in [0.1, 0.15) is 12.8 Å². The fourth-order valence-electron chi connectivity index (χ4n) is 2.88. The molecular formula is C19H23FN4O2. The Kier molecular flexibility index (Phi) is 5.99. The lowest BCUT2D eigenvalue weighted by Gasteiger charge is -2.34. The zero-order valence-corrected chi connectivity index (χ0v) is 14.8. The lowest BCUT2D eigenvalue weighted by atomic mass is 9.95. The van der Waals surface area contributed by atoms with E-state index >= 15 is 0 Å². The molecule has 1 saturated heterocycles. The van der Waals surface area contributed by atoms with Gasteiger partial charge < -0.3 is 15.0 Å². The summed E-state index contributed by atoms with van der Waals surface area (Å²) >= 11 is 0. The molecule has 0 radical (unpaired) electrons. The number of alkyl halides is 1. The number of hydrogen-bond donors (Lipinski definition) is 1. The summed E-state index contributed by atoms with van der Waals surface area (Å²) in [4.78, 5) is 21.7. The van der Waals surface area contributed by atoms with E-state index < -0.39 is 12.3 Å². The van der Waals surface area contributed by atoms with E-state index in [0.717, 1.165) is 11.1 Å². The molecule has 0 bridgehead atoms. The topological polar surface area (TPSA) is 67.3 Å². The Balaban J connectivity index is 1.43. The Morgan fingerprint density at radius 2 is 2.04 bits per heavy atom. The molecule has 1 N–H and O–H groups in total. The minimum absolute atomic E-state index is 0.0503. The molecule has 2 heterocycles. The van der Waals surface area contributed by atoms with E-state index in [9.17, 15) is 9.18 Å². The third-order valence-electron chi connectivity index (χ3n) is 4.51. The molecule has 138 valence electrons. The number of likely N-dealkylation sites (tertiary alicyclic amines) is 1. The summed E-state index contributed by atoms with van der Waals surface area (Å²) < 4.78 is 19.7. The molecule has 1 unspecified atom stereocenters. The van der Waals surface area contributed by atoms with Crippen molar-refractivity contribution < 1.29 is 13.9 Å². The molecule has 2 atom stereocenters. The van der Waals surface area contributed by atoms with Gasteiger partial charge in [0.05, 0.1) is 6.54 Å². The van der Waals surface area contributed by atoms with Crippen molar-refractivity contribution in [2.75, 3.05) is 25.0 Å². The summed E-state index contributed by atoms with van der Waals surface area (Å²) in [6, 6.07) is 9.50. The summed E-state index contributed by atoms with van der Waals surface area (Å²) in [5.74, 6) is 0.305. The first-order chi connectivity index (χ1) is 12.6. The van der Waals surface area contributed by atoms with Crippen LogP contribution in [0.1, 0.15) is 17.5 Å². The Morgan fingerprint density at radius 3 is 2.73 bits per heavy atom. The Labute approximate surface area is 152 Å². The van der Waals surface area contributed by atoms with Gasteiger partial charge in [0, 0.05) is 31.4 Å². The van der Waals surface area contributed by atoms with Crippen LogP contribution in [0.3, 0.4) is 0 Å². The van der Waals surface area contributed by atoms with Gasteiger partial charge in [-0.05, 0) is 25.0 Å². The summed E-state index contributed by atoms with van der Waals surface area (Å²) in [5.41, 5.74) is 2.07. The average Bonchev–Trinajstić information content (AvgIpc) is 2.67. The number of aromatic nitrogens is 2. The highest BCUT2D eigenvalue weighted by atomic mass is 19.1. The van der Waals surface area contributed by atoms with Crippen molar-refractivity contribution in [1.82, 2.24) is 14.9 Å². The second-order valence-corrected chi connectivity index (χ2v) is 6.50. The SMILES string of the molecule is Cc1ccc(COC(=O)N2CCC(CNc3ncccn3)[C@H](F)C2)cc1. The molecule has 1 aromatic carbocycles. The molecule has 2 aromatic rings. The van der Waals surface area contributed by atoms with Gasteiger partial charge in [-0.2, -0.15) is 0 Å². The highest BCUT2D eigenvalue weighted by molar-refractivity contribution is 5.67. The molecule has 1 aromatic heterocycles.